The van der Waals surface area contributed by atoms with Crippen molar-refractivity contribution < 1.29 is 9.90 Å². The minimum Gasteiger partial charge on any atom is -0.394 e. The van der Waals surface area contributed by atoms with Crippen molar-refractivity contribution in [1.82, 2.24) is 5.32 Å². The highest BCUT2D eigenvalue weighted by atomic mass is 16.3. The molecule has 0 aliphatic rings. The zero-order chi connectivity index (χ0) is 15.6. The van der Waals surface area contributed by atoms with Gasteiger partial charge in [-0.25, -0.2) is 0 Å². The number of aliphatic hydroxyl groups is 1. The quantitative estimate of drug-likeness (QED) is 0.889. The molecule has 0 aromatic heterocycles. The van der Waals surface area contributed by atoms with Crippen LogP contribution < -0.4 is 5.32 Å². The molecule has 3 nitrogen and oxygen atoms in total. The predicted octanol–water partition coefficient (Wildman–Crippen LogP) is 2.98. The van der Waals surface area contributed by atoms with Gasteiger partial charge in [-0.1, -0.05) is 13.8 Å². The lowest BCUT2D eigenvalue weighted by Gasteiger charge is -2.23. The van der Waals surface area contributed by atoms with Crippen molar-refractivity contribution in [3.63, 3.8) is 0 Å². The monoisotopic (exact) mass is 277 g/mol. The van der Waals surface area contributed by atoms with E-state index in [0.717, 1.165) is 16.7 Å². The zero-order valence-corrected chi connectivity index (χ0v) is 13.7. The summed E-state index contributed by atoms with van der Waals surface area (Å²) in [6.07, 6.45) is 0. The van der Waals surface area contributed by atoms with Gasteiger partial charge in [-0.2, -0.15) is 0 Å². The van der Waals surface area contributed by atoms with Crippen molar-refractivity contribution >= 4 is 5.91 Å². The summed E-state index contributed by atoms with van der Waals surface area (Å²) < 4.78 is 0. The van der Waals surface area contributed by atoms with Crippen LogP contribution in [0.4, 0.5) is 0 Å². The van der Waals surface area contributed by atoms with Crippen LogP contribution in [0.5, 0.6) is 0 Å². The fourth-order valence-corrected chi connectivity index (χ4v) is 2.50. The molecule has 0 saturated heterocycles. The normalized spacial score (nSPS) is 12.7. The topological polar surface area (TPSA) is 49.3 Å². The molecule has 2 N–H and O–H groups in total. The van der Waals surface area contributed by atoms with Crippen molar-refractivity contribution in [1.29, 1.82) is 0 Å². The second-order valence-electron chi connectivity index (χ2n) is 6.01. The Balaban J connectivity index is 3.24. The lowest BCUT2D eigenvalue weighted by molar-refractivity contribution is 0.0895. The minimum atomic E-state index is -0.205. The first kappa shape index (κ1) is 16.7. The van der Waals surface area contributed by atoms with Crippen LogP contribution in [-0.2, 0) is 0 Å². The van der Waals surface area contributed by atoms with Gasteiger partial charge < -0.3 is 10.4 Å². The van der Waals surface area contributed by atoms with Crippen molar-refractivity contribution in [2.24, 2.45) is 5.92 Å². The highest BCUT2D eigenvalue weighted by molar-refractivity contribution is 5.98. The smallest absolute Gasteiger partial charge is 0.252 e. The maximum atomic E-state index is 12.6. The maximum Gasteiger partial charge on any atom is 0.252 e. The number of hydrogen-bond acceptors (Lipinski definition) is 2. The number of aliphatic hydroxyl groups excluding tert-OH is 1. The van der Waals surface area contributed by atoms with E-state index < -0.39 is 0 Å². The van der Waals surface area contributed by atoms with Crippen LogP contribution in [0.2, 0.25) is 0 Å². The Morgan fingerprint density at radius 3 is 1.70 bits per heavy atom. The molecule has 0 aliphatic carbocycles. The molecule has 1 aromatic rings. The third-order valence-electron chi connectivity index (χ3n) is 4.54. The molecule has 20 heavy (non-hydrogen) atoms. The van der Waals surface area contributed by atoms with Crippen LogP contribution >= 0.6 is 0 Å². The van der Waals surface area contributed by atoms with Crippen LogP contribution in [0.25, 0.3) is 0 Å². The van der Waals surface area contributed by atoms with Gasteiger partial charge in [0.05, 0.1) is 12.6 Å². The molecule has 3 heteroatoms. The van der Waals surface area contributed by atoms with Crippen LogP contribution in [0.1, 0.15) is 52.0 Å². The average molecular weight is 277 g/mol. The first-order valence-corrected chi connectivity index (χ1v) is 7.21. The summed E-state index contributed by atoms with van der Waals surface area (Å²) in [6, 6.07) is -0.205. The molecule has 0 aliphatic heterocycles. The number of amides is 1. The second-order valence-corrected chi connectivity index (χ2v) is 6.01. The summed E-state index contributed by atoms with van der Waals surface area (Å²) in [5, 5.41) is 12.3. The number of carbonyl (C=O) groups excluding carboxylic acids is 1. The van der Waals surface area contributed by atoms with Crippen molar-refractivity contribution in [2.45, 2.75) is 54.5 Å². The second kappa shape index (κ2) is 6.40. The van der Waals surface area contributed by atoms with Gasteiger partial charge in [-0.05, 0) is 68.4 Å². The number of carbonyl (C=O) groups is 1. The highest BCUT2D eigenvalue weighted by Crippen LogP contribution is 2.26. The van der Waals surface area contributed by atoms with E-state index in [1.165, 1.54) is 16.7 Å². The molecule has 0 spiro atoms. The molecular formula is C17H27NO2. The number of nitrogens with one attached hydrogen (secondary N) is 1. The molecule has 0 radical (unpaired) electrons. The van der Waals surface area contributed by atoms with E-state index in [2.05, 4.69) is 26.1 Å². The van der Waals surface area contributed by atoms with Crippen molar-refractivity contribution in [2.75, 3.05) is 6.61 Å². The van der Waals surface area contributed by atoms with Gasteiger partial charge in [0.2, 0.25) is 0 Å². The van der Waals surface area contributed by atoms with Crippen molar-refractivity contribution in [3.8, 4) is 0 Å². The van der Waals surface area contributed by atoms with Gasteiger partial charge in [-0.15, -0.1) is 0 Å². The molecule has 1 rings (SSSR count). The Morgan fingerprint density at radius 1 is 0.950 bits per heavy atom. The Bertz CT molecular complexity index is 489. The van der Waals surface area contributed by atoms with Gasteiger partial charge in [-0.3, -0.25) is 4.79 Å². The molecule has 112 valence electrons. The van der Waals surface area contributed by atoms with E-state index in [1.807, 2.05) is 27.7 Å². The van der Waals surface area contributed by atoms with E-state index in [1.54, 1.807) is 0 Å². The summed E-state index contributed by atoms with van der Waals surface area (Å²) >= 11 is 0. The van der Waals surface area contributed by atoms with Crippen LogP contribution in [0.3, 0.4) is 0 Å². The fraction of sp³-hybridized carbons (Fsp3) is 0.588. The first-order valence-electron chi connectivity index (χ1n) is 7.21. The highest BCUT2D eigenvalue weighted by Gasteiger charge is 2.21. The molecular weight excluding hydrogens is 250 g/mol. The molecule has 0 fully saturated rings. The summed E-state index contributed by atoms with van der Waals surface area (Å²) in [4.78, 5) is 12.6. The fourth-order valence-electron chi connectivity index (χ4n) is 2.50. The van der Waals surface area contributed by atoms with E-state index in [4.69, 9.17) is 0 Å². The summed E-state index contributed by atoms with van der Waals surface area (Å²) in [5.74, 6) is 0.121. The van der Waals surface area contributed by atoms with Crippen LogP contribution in [0, 0.1) is 40.5 Å². The molecule has 0 bridgehead atoms. The lowest BCUT2D eigenvalue weighted by Crippen LogP contribution is -2.41. The molecule has 0 saturated carbocycles. The summed E-state index contributed by atoms with van der Waals surface area (Å²) in [5.41, 5.74) is 6.41. The number of benzene rings is 1. The number of hydrogen-bond donors (Lipinski definition) is 2. The average Bonchev–Trinajstić information content (AvgIpc) is 2.40. The molecule has 0 heterocycles. The molecule has 0 unspecified atom stereocenters. The third-order valence-corrected chi connectivity index (χ3v) is 4.54. The maximum absolute atomic E-state index is 12.6. The Kier molecular flexibility index (Phi) is 5.35. The van der Waals surface area contributed by atoms with Gasteiger partial charge >= 0.3 is 0 Å². The predicted molar refractivity (Wildman–Crippen MR) is 83.3 cm³/mol. The van der Waals surface area contributed by atoms with Gasteiger partial charge in [0, 0.05) is 5.56 Å². The minimum absolute atomic E-state index is 0.0364. The first-order chi connectivity index (χ1) is 9.22. The molecule has 1 aromatic carbocycles. The van der Waals surface area contributed by atoms with Gasteiger partial charge in [0.25, 0.3) is 5.91 Å². The standard InChI is InChI=1S/C17H27NO2/c1-9(2)15(8-19)18-17(20)16-13(6)11(4)10(3)12(5)14(16)7/h9,15,19H,8H2,1-7H3,(H,18,20)/t15-/m1/s1. The molecule has 1 atom stereocenters. The molecule has 1 amide bonds. The third kappa shape index (κ3) is 3.04. The van der Waals surface area contributed by atoms with E-state index in [-0.39, 0.29) is 24.5 Å². The summed E-state index contributed by atoms with van der Waals surface area (Å²) in [6.45, 7) is 14.1. The Hall–Kier alpha value is -1.35. The van der Waals surface area contributed by atoms with Crippen molar-refractivity contribution in [3.05, 3.63) is 33.4 Å². The van der Waals surface area contributed by atoms with E-state index in [9.17, 15) is 9.90 Å². The SMILES string of the molecule is Cc1c(C)c(C)c(C(=O)N[C@H](CO)C(C)C)c(C)c1C. The largest absolute Gasteiger partial charge is 0.394 e. The zero-order valence-electron chi connectivity index (χ0n) is 13.7. The van der Waals surface area contributed by atoms with Gasteiger partial charge in [0.15, 0.2) is 0 Å². The lowest BCUT2D eigenvalue weighted by atomic mass is 9.89. The van der Waals surface area contributed by atoms with Crippen LogP contribution in [0.15, 0.2) is 0 Å². The van der Waals surface area contributed by atoms with E-state index >= 15 is 0 Å². The summed E-state index contributed by atoms with van der Waals surface area (Å²) in [7, 11) is 0. The Labute approximate surface area is 122 Å². The van der Waals surface area contributed by atoms with Crippen LogP contribution in [-0.4, -0.2) is 23.7 Å². The van der Waals surface area contributed by atoms with E-state index in [0.29, 0.717) is 0 Å². The van der Waals surface area contributed by atoms with Gasteiger partial charge in [0.1, 0.15) is 0 Å². The number of rotatable bonds is 4. The Morgan fingerprint density at radius 2 is 1.35 bits per heavy atom.